The van der Waals surface area contributed by atoms with Crippen LogP contribution in [-0.2, 0) is 4.74 Å². The molecule has 0 spiro atoms. The van der Waals surface area contributed by atoms with Crippen LogP contribution in [0.5, 0.6) is 5.75 Å². The van der Waals surface area contributed by atoms with Crippen molar-refractivity contribution in [2.24, 2.45) is 5.10 Å². The maximum absolute atomic E-state index is 10.5. The van der Waals surface area contributed by atoms with Gasteiger partial charge >= 0.3 is 0 Å². The predicted molar refractivity (Wildman–Crippen MR) is 116 cm³/mol. The summed E-state index contributed by atoms with van der Waals surface area (Å²) in [6, 6.07) is 7.25. The van der Waals surface area contributed by atoms with E-state index in [1.54, 1.807) is 24.4 Å². The highest BCUT2D eigenvalue weighted by molar-refractivity contribution is 5.84. The number of anilines is 2. The van der Waals surface area contributed by atoms with Crippen molar-refractivity contribution in [1.29, 1.82) is 0 Å². The number of hydrogen-bond donors (Lipinski definition) is 5. The van der Waals surface area contributed by atoms with E-state index in [1.165, 1.54) is 10.9 Å². The highest BCUT2D eigenvalue weighted by Crippen LogP contribution is 2.35. The van der Waals surface area contributed by atoms with E-state index in [-0.39, 0.29) is 22.9 Å². The fourth-order valence-corrected chi connectivity index (χ4v) is 3.31. The normalized spacial score (nSPS) is 23.1. The zero-order valence-corrected chi connectivity index (χ0v) is 16.9. The molecule has 0 unspecified atom stereocenters. The first kappa shape index (κ1) is 21.6. The van der Waals surface area contributed by atoms with E-state index in [2.05, 4.69) is 32.1 Å². The van der Waals surface area contributed by atoms with Crippen molar-refractivity contribution >= 4 is 29.1 Å². The summed E-state index contributed by atoms with van der Waals surface area (Å²) in [6.45, 7) is 3.56. The van der Waals surface area contributed by atoms with Crippen molar-refractivity contribution in [3.63, 3.8) is 0 Å². The monoisotopic (exact) mass is 441 g/mol. The molecule has 1 saturated heterocycles. The minimum Gasteiger partial charge on any atom is -0.490 e. The second-order valence-corrected chi connectivity index (χ2v) is 7.00. The molecule has 168 valence electrons. The minimum atomic E-state index is -1.34. The number of benzene rings is 1. The Morgan fingerprint density at radius 2 is 2.03 bits per heavy atom. The van der Waals surface area contributed by atoms with Gasteiger partial charge in [0, 0.05) is 0 Å². The molecule has 4 atom stereocenters. The smallest absolute Gasteiger partial charge is 0.228 e. The molecule has 3 aromatic rings. The molecule has 1 aromatic carbocycles. The molecule has 6 N–H and O–H groups in total. The number of rotatable bonds is 8. The van der Waals surface area contributed by atoms with E-state index in [1.807, 2.05) is 12.1 Å². The Bertz CT molecular complexity index is 1120. The van der Waals surface area contributed by atoms with Crippen LogP contribution in [0.4, 0.5) is 11.8 Å². The number of imidazole rings is 1. The van der Waals surface area contributed by atoms with Crippen molar-refractivity contribution in [3.8, 4) is 5.75 Å². The van der Waals surface area contributed by atoms with E-state index in [0.29, 0.717) is 12.4 Å². The van der Waals surface area contributed by atoms with Gasteiger partial charge in [0.1, 0.15) is 37.0 Å². The van der Waals surface area contributed by atoms with Crippen molar-refractivity contribution in [2.45, 2.75) is 24.5 Å². The van der Waals surface area contributed by atoms with Gasteiger partial charge < -0.3 is 30.5 Å². The first-order valence-electron chi connectivity index (χ1n) is 9.77. The molecule has 0 aliphatic carbocycles. The number of aromatic nitrogens is 4. The summed E-state index contributed by atoms with van der Waals surface area (Å²) in [5, 5.41) is 34.2. The number of fused-ring (bicyclic) bond motifs is 1. The fraction of sp³-hybridized carbons (Fsp3) is 0.300. The van der Waals surface area contributed by atoms with Crippen LogP contribution in [0.3, 0.4) is 0 Å². The summed E-state index contributed by atoms with van der Waals surface area (Å²) >= 11 is 0. The van der Waals surface area contributed by atoms with E-state index >= 15 is 0 Å². The molecule has 1 fully saturated rings. The van der Waals surface area contributed by atoms with Crippen molar-refractivity contribution in [3.05, 3.63) is 48.8 Å². The standard InChI is InChI=1S/C20H23N7O5/c1-2-7-31-12-5-3-11(4-6-12)8-24-26-20-25-14-17(21)22-10-23-18(14)27(20)19-16(30)15(29)13(9-28)32-19/h2-6,8,10,13,15-16,19,28-30H,1,7,9H2,(H,25,26)(H2,21,22,23)/t13-,15+,16+,19-/m0/s1. The van der Waals surface area contributed by atoms with Gasteiger partial charge in [-0.3, -0.25) is 4.57 Å². The lowest BCUT2D eigenvalue weighted by molar-refractivity contribution is -0.0501. The Morgan fingerprint density at radius 3 is 2.72 bits per heavy atom. The van der Waals surface area contributed by atoms with Crippen molar-refractivity contribution < 1.29 is 24.8 Å². The molecule has 32 heavy (non-hydrogen) atoms. The first-order chi connectivity index (χ1) is 15.5. The third-order valence-electron chi connectivity index (χ3n) is 4.90. The Morgan fingerprint density at radius 1 is 1.25 bits per heavy atom. The van der Waals surface area contributed by atoms with E-state index < -0.39 is 31.1 Å². The Balaban J connectivity index is 1.61. The molecule has 1 aliphatic rings. The molecule has 12 heteroatoms. The largest absolute Gasteiger partial charge is 0.490 e. The third kappa shape index (κ3) is 4.11. The lowest BCUT2D eigenvalue weighted by atomic mass is 10.1. The SMILES string of the molecule is C=CCOc1ccc(C=NNc2nc3c(N)ncnc3n2[C@H]2O[C@@H](CO)[C@@H](O)[C@H]2O)cc1. The minimum absolute atomic E-state index is 0.127. The van der Waals surface area contributed by atoms with Crippen LogP contribution in [0.15, 0.2) is 48.3 Å². The Hall–Kier alpha value is -3.58. The summed E-state index contributed by atoms with van der Waals surface area (Å²) in [4.78, 5) is 12.5. The molecular weight excluding hydrogens is 418 g/mol. The quantitative estimate of drug-likeness (QED) is 0.182. The molecule has 2 aromatic heterocycles. The van der Waals surface area contributed by atoms with Gasteiger partial charge in [-0.25, -0.2) is 20.4 Å². The number of aliphatic hydroxyl groups excluding tert-OH is 3. The van der Waals surface area contributed by atoms with Crippen LogP contribution in [0.1, 0.15) is 11.8 Å². The second kappa shape index (κ2) is 9.28. The molecule has 0 amide bonds. The average molecular weight is 441 g/mol. The average Bonchev–Trinajstić information content (AvgIpc) is 3.31. The van der Waals surface area contributed by atoms with Crippen LogP contribution in [0, 0.1) is 0 Å². The number of nitrogen functional groups attached to an aromatic ring is 1. The number of hydrazone groups is 1. The van der Waals surface area contributed by atoms with Crippen molar-refractivity contribution in [1.82, 2.24) is 19.5 Å². The molecule has 1 aliphatic heterocycles. The Labute approximate surface area is 182 Å². The van der Waals surface area contributed by atoms with Gasteiger partial charge in [-0.2, -0.15) is 5.10 Å². The Kier molecular flexibility index (Phi) is 6.28. The number of nitrogens with one attached hydrogen (secondary N) is 1. The lowest BCUT2D eigenvalue weighted by Gasteiger charge is -2.18. The van der Waals surface area contributed by atoms with Crippen LogP contribution in [-0.4, -0.2) is 72.6 Å². The molecule has 0 bridgehead atoms. The highest BCUT2D eigenvalue weighted by atomic mass is 16.6. The lowest BCUT2D eigenvalue weighted by Crippen LogP contribution is -2.33. The fourth-order valence-electron chi connectivity index (χ4n) is 3.31. The maximum Gasteiger partial charge on any atom is 0.228 e. The van der Waals surface area contributed by atoms with Gasteiger partial charge in [0.25, 0.3) is 0 Å². The topological polar surface area (TPSA) is 173 Å². The summed E-state index contributed by atoms with van der Waals surface area (Å²) < 4.78 is 12.5. The van der Waals surface area contributed by atoms with Crippen LogP contribution in [0.2, 0.25) is 0 Å². The first-order valence-corrected chi connectivity index (χ1v) is 9.77. The molecule has 3 heterocycles. The van der Waals surface area contributed by atoms with Crippen molar-refractivity contribution in [2.75, 3.05) is 24.4 Å². The number of ether oxygens (including phenoxy) is 2. The van der Waals surface area contributed by atoms with Gasteiger partial charge in [-0.05, 0) is 29.8 Å². The van der Waals surface area contributed by atoms with Gasteiger partial charge in [0.15, 0.2) is 23.2 Å². The van der Waals surface area contributed by atoms with Gasteiger partial charge in [-0.1, -0.05) is 12.7 Å². The summed E-state index contributed by atoms with van der Waals surface area (Å²) in [7, 11) is 0. The molecule has 12 nitrogen and oxygen atoms in total. The van der Waals surface area contributed by atoms with E-state index in [4.69, 9.17) is 15.2 Å². The summed E-state index contributed by atoms with van der Waals surface area (Å²) in [5.41, 5.74) is 10.0. The summed E-state index contributed by atoms with van der Waals surface area (Å²) in [5.74, 6) is 0.988. The van der Waals surface area contributed by atoms with E-state index in [9.17, 15) is 15.3 Å². The number of nitrogens with zero attached hydrogens (tertiary/aromatic N) is 5. The predicted octanol–water partition coefficient (Wildman–Crippen LogP) is 0.0308. The number of aliphatic hydroxyl groups is 3. The summed E-state index contributed by atoms with van der Waals surface area (Å²) in [6.07, 6.45) is -0.207. The van der Waals surface area contributed by atoms with Crippen LogP contribution < -0.4 is 15.9 Å². The molecule has 0 saturated carbocycles. The van der Waals surface area contributed by atoms with Gasteiger partial charge in [0.2, 0.25) is 5.95 Å². The van der Waals surface area contributed by atoms with Crippen LogP contribution >= 0.6 is 0 Å². The zero-order chi connectivity index (χ0) is 22.7. The highest BCUT2D eigenvalue weighted by Gasteiger charge is 2.45. The van der Waals surface area contributed by atoms with Crippen LogP contribution in [0.25, 0.3) is 11.2 Å². The van der Waals surface area contributed by atoms with Gasteiger partial charge in [-0.15, -0.1) is 0 Å². The molecule has 0 radical (unpaired) electrons. The number of hydrogen-bond acceptors (Lipinski definition) is 11. The van der Waals surface area contributed by atoms with Gasteiger partial charge in [0.05, 0.1) is 12.8 Å². The second-order valence-electron chi connectivity index (χ2n) is 7.00. The zero-order valence-electron chi connectivity index (χ0n) is 16.9. The van der Waals surface area contributed by atoms with E-state index in [0.717, 1.165) is 5.56 Å². The number of nitrogens with two attached hydrogens (primary N) is 1. The molecule has 4 rings (SSSR count). The maximum atomic E-state index is 10.5. The third-order valence-corrected chi connectivity index (χ3v) is 4.90. The molecular formula is C20H23N7O5.